The lowest BCUT2D eigenvalue weighted by atomic mass is 10.1. The van der Waals surface area contributed by atoms with Crippen molar-refractivity contribution in [2.24, 2.45) is 0 Å². The van der Waals surface area contributed by atoms with Gasteiger partial charge in [-0.15, -0.1) is 11.6 Å². The van der Waals surface area contributed by atoms with E-state index in [0.717, 1.165) is 0 Å². The lowest BCUT2D eigenvalue weighted by Crippen LogP contribution is -2.40. The molecule has 1 aliphatic heterocycles. The SMILES string of the molecule is CCOC(OCC)c1nc2c(c(=O)[nH]1)CN(C(=O)CCl)CC2. The van der Waals surface area contributed by atoms with Crippen molar-refractivity contribution in [3.63, 3.8) is 0 Å². The fraction of sp³-hybridized carbons (Fsp3) is 0.643. The van der Waals surface area contributed by atoms with Crippen LogP contribution in [0.25, 0.3) is 0 Å². The fourth-order valence-corrected chi connectivity index (χ4v) is 2.53. The first-order valence-electron chi connectivity index (χ1n) is 7.29. The minimum Gasteiger partial charge on any atom is -0.346 e. The molecule has 8 heteroatoms. The number of halogens is 1. The highest BCUT2D eigenvalue weighted by atomic mass is 35.5. The molecule has 0 bridgehead atoms. The van der Waals surface area contributed by atoms with E-state index in [-0.39, 0.29) is 23.9 Å². The monoisotopic (exact) mass is 329 g/mol. The van der Waals surface area contributed by atoms with Gasteiger partial charge >= 0.3 is 0 Å². The molecule has 0 radical (unpaired) electrons. The molecule has 1 amide bonds. The van der Waals surface area contributed by atoms with E-state index in [9.17, 15) is 9.59 Å². The lowest BCUT2D eigenvalue weighted by molar-refractivity contribution is -0.145. The quantitative estimate of drug-likeness (QED) is 0.621. The smallest absolute Gasteiger partial charge is 0.256 e. The minimum atomic E-state index is -0.685. The Morgan fingerprint density at radius 2 is 2.09 bits per heavy atom. The van der Waals surface area contributed by atoms with Crippen molar-refractivity contribution in [3.05, 3.63) is 27.4 Å². The summed E-state index contributed by atoms with van der Waals surface area (Å²) in [7, 11) is 0. The van der Waals surface area contributed by atoms with E-state index in [2.05, 4.69) is 9.97 Å². The Morgan fingerprint density at radius 3 is 2.68 bits per heavy atom. The van der Waals surface area contributed by atoms with E-state index in [1.165, 1.54) is 0 Å². The number of carbonyl (C=O) groups is 1. The van der Waals surface area contributed by atoms with Crippen LogP contribution in [0.4, 0.5) is 0 Å². The Kier molecular flexibility index (Phi) is 5.93. The highest BCUT2D eigenvalue weighted by molar-refractivity contribution is 6.27. The van der Waals surface area contributed by atoms with E-state index in [1.807, 2.05) is 13.8 Å². The molecular formula is C14H20ClN3O4. The lowest BCUT2D eigenvalue weighted by Gasteiger charge is -2.27. The van der Waals surface area contributed by atoms with Gasteiger partial charge in [0, 0.05) is 26.2 Å². The number of nitrogens with zero attached hydrogens (tertiary/aromatic N) is 2. The average Bonchev–Trinajstić information content (AvgIpc) is 2.53. The van der Waals surface area contributed by atoms with Crippen molar-refractivity contribution in [1.82, 2.24) is 14.9 Å². The number of ether oxygens (including phenoxy) is 2. The number of aromatic nitrogens is 2. The summed E-state index contributed by atoms with van der Waals surface area (Å²) in [6.07, 6.45) is -0.171. The second kappa shape index (κ2) is 7.71. The third-order valence-electron chi connectivity index (χ3n) is 3.41. The van der Waals surface area contributed by atoms with Gasteiger partial charge in [-0.1, -0.05) is 0 Å². The molecule has 2 rings (SSSR count). The molecule has 0 atom stereocenters. The minimum absolute atomic E-state index is 0.0878. The van der Waals surface area contributed by atoms with E-state index in [0.29, 0.717) is 43.3 Å². The molecule has 0 saturated carbocycles. The van der Waals surface area contributed by atoms with Gasteiger partial charge in [-0.25, -0.2) is 4.98 Å². The van der Waals surface area contributed by atoms with Crippen molar-refractivity contribution >= 4 is 17.5 Å². The summed E-state index contributed by atoms with van der Waals surface area (Å²) >= 11 is 5.56. The van der Waals surface area contributed by atoms with Gasteiger partial charge in [-0.05, 0) is 13.8 Å². The largest absolute Gasteiger partial charge is 0.346 e. The summed E-state index contributed by atoms with van der Waals surface area (Å²) in [6, 6.07) is 0. The van der Waals surface area contributed by atoms with E-state index >= 15 is 0 Å². The number of aromatic amines is 1. The first kappa shape index (κ1) is 16.9. The standard InChI is InChI=1S/C14H20ClN3O4/c1-3-21-14(22-4-2)12-16-10-5-6-18(11(19)7-15)8-9(10)13(20)17-12/h14H,3-8H2,1-2H3,(H,16,17,20). The molecule has 1 N–H and O–H groups in total. The molecule has 0 aromatic carbocycles. The van der Waals surface area contributed by atoms with Crippen LogP contribution >= 0.6 is 11.6 Å². The zero-order valence-electron chi connectivity index (χ0n) is 12.7. The number of carbonyl (C=O) groups excluding carboxylic acids is 1. The third kappa shape index (κ3) is 3.66. The van der Waals surface area contributed by atoms with Crippen LogP contribution < -0.4 is 5.56 Å². The number of alkyl halides is 1. The van der Waals surface area contributed by atoms with Crippen LogP contribution in [0, 0.1) is 0 Å². The number of rotatable bonds is 6. The number of nitrogens with one attached hydrogen (secondary N) is 1. The molecule has 122 valence electrons. The highest BCUT2D eigenvalue weighted by Crippen LogP contribution is 2.18. The summed E-state index contributed by atoms with van der Waals surface area (Å²) < 4.78 is 10.9. The maximum Gasteiger partial charge on any atom is 0.256 e. The average molecular weight is 330 g/mol. The van der Waals surface area contributed by atoms with Gasteiger partial charge in [-0.3, -0.25) is 9.59 Å². The maximum atomic E-state index is 12.3. The van der Waals surface area contributed by atoms with Gasteiger partial charge in [0.15, 0.2) is 5.82 Å². The van der Waals surface area contributed by atoms with Crippen molar-refractivity contribution < 1.29 is 14.3 Å². The molecule has 1 aliphatic rings. The molecule has 7 nitrogen and oxygen atoms in total. The zero-order chi connectivity index (χ0) is 16.1. The predicted octanol–water partition coefficient (Wildman–Crippen LogP) is 0.965. The first-order chi connectivity index (χ1) is 10.6. The van der Waals surface area contributed by atoms with Crippen molar-refractivity contribution in [3.8, 4) is 0 Å². The van der Waals surface area contributed by atoms with Crippen LogP contribution in [-0.4, -0.2) is 46.4 Å². The van der Waals surface area contributed by atoms with Gasteiger partial charge in [-0.2, -0.15) is 0 Å². The van der Waals surface area contributed by atoms with Crippen molar-refractivity contribution in [2.75, 3.05) is 25.6 Å². The van der Waals surface area contributed by atoms with E-state index < -0.39 is 6.29 Å². The van der Waals surface area contributed by atoms with E-state index in [4.69, 9.17) is 21.1 Å². The summed E-state index contributed by atoms with van der Waals surface area (Å²) in [6.45, 7) is 5.32. The van der Waals surface area contributed by atoms with E-state index in [1.54, 1.807) is 4.90 Å². The Morgan fingerprint density at radius 1 is 1.41 bits per heavy atom. The third-order valence-corrected chi connectivity index (χ3v) is 3.64. The number of H-pyrrole nitrogens is 1. The Hall–Kier alpha value is -1.44. The molecule has 0 unspecified atom stereocenters. The van der Waals surface area contributed by atoms with Gasteiger partial charge in [0.05, 0.1) is 17.8 Å². The second-order valence-corrected chi connectivity index (χ2v) is 5.09. The molecule has 0 aliphatic carbocycles. The summed E-state index contributed by atoms with van der Waals surface area (Å²) in [5.74, 6) is 0.0945. The van der Waals surface area contributed by atoms with Crippen LogP contribution in [0.2, 0.25) is 0 Å². The van der Waals surface area contributed by atoms with Gasteiger partial charge in [0.1, 0.15) is 5.88 Å². The summed E-state index contributed by atoms with van der Waals surface area (Å²) in [5, 5.41) is 0. The van der Waals surface area contributed by atoms with Crippen LogP contribution in [0.5, 0.6) is 0 Å². The number of hydrogen-bond acceptors (Lipinski definition) is 5. The summed E-state index contributed by atoms with van der Waals surface area (Å²) in [4.78, 5) is 32.6. The maximum absolute atomic E-state index is 12.3. The molecule has 0 spiro atoms. The van der Waals surface area contributed by atoms with Gasteiger partial charge < -0.3 is 19.4 Å². The molecule has 0 saturated heterocycles. The van der Waals surface area contributed by atoms with Crippen LogP contribution in [0.1, 0.15) is 37.2 Å². The molecule has 1 aromatic heterocycles. The summed E-state index contributed by atoms with van der Waals surface area (Å²) in [5.41, 5.74) is 0.915. The van der Waals surface area contributed by atoms with Crippen molar-refractivity contribution in [2.45, 2.75) is 33.1 Å². The van der Waals surface area contributed by atoms with Gasteiger partial charge in [0.25, 0.3) is 5.56 Å². The number of amides is 1. The topological polar surface area (TPSA) is 84.5 Å². The molecular weight excluding hydrogens is 310 g/mol. The zero-order valence-corrected chi connectivity index (χ0v) is 13.5. The number of hydrogen-bond donors (Lipinski definition) is 1. The van der Waals surface area contributed by atoms with Crippen LogP contribution in [0.15, 0.2) is 4.79 Å². The highest BCUT2D eigenvalue weighted by Gasteiger charge is 2.25. The van der Waals surface area contributed by atoms with Crippen molar-refractivity contribution in [1.29, 1.82) is 0 Å². The number of fused-ring (bicyclic) bond motifs is 1. The molecule has 22 heavy (non-hydrogen) atoms. The molecule has 1 aromatic rings. The first-order valence-corrected chi connectivity index (χ1v) is 7.83. The Balaban J connectivity index is 2.28. The van der Waals surface area contributed by atoms with Crippen LogP contribution in [0.3, 0.4) is 0 Å². The second-order valence-electron chi connectivity index (χ2n) is 4.82. The Bertz CT molecular complexity index is 584. The van der Waals surface area contributed by atoms with Crippen LogP contribution in [-0.2, 0) is 27.2 Å². The molecule has 0 fully saturated rings. The normalized spacial score (nSPS) is 14.3. The Labute approximate surface area is 133 Å². The van der Waals surface area contributed by atoms with Gasteiger partial charge in [0.2, 0.25) is 12.2 Å². The molecule has 2 heterocycles. The fourth-order valence-electron chi connectivity index (χ4n) is 2.36. The predicted molar refractivity (Wildman–Crippen MR) is 80.7 cm³/mol.